The normalized spacial score (nSPS) is 25.8. The number of fused-ring (bicyclic) bond motifs is 1. The number of carbonyl (C=O) groups is 1. The molecule has 0 radical (unpaired) electrons. The molecule has 114 valence electrons. The van der Waals surface area contributed by atoms with Crippen LogP contribution in [0.3, 0.4) is 0 Å². The fraction of sp³-hybridized carbons (Fsp3) is 0.632. The molecule has 1 amide bonds. The van der Waals surface area contributed by atoms with Gasteiger partial charge in [-0.3, -0.25) is 4.79 Å². The second kappa shape index (κ2) is 5.47. The van der Waals surface area contributed by atoms with Crippen LogP contribution in [0.2, 0.25) is 0 Å². The van der Waals surface area contributed by atoms with Gasteiger partial charge in [0.25, 0.3) is 5.91 Å². The molecule has 1 saturated heterocycles. The Bertz CT molecular complexity index is 497. The standard InChI is InChI=1S/C19H27NO/c1-19(2,3)17-10-8-14(9-11-17)18(21)20-12-15-6-4-5-7-16(15)13-20/h8-11,15-16H,4-7,12-13H2,1-3H3. The van der Waals surface area contributed by atoms with Gasteiger partial charge in [-0.25, -0.2) is 0 Å². The summed E-state index contributed by atoms with van der Waals surface area (Å²) in [7, 11) is 0. The van der Waals surface area contributed by atoms with Gasteiger partial charge in [0.05, 0.1) is 0 Å². The summed E-state index contributed by atoms with van der Waals surface area (Å²) in [5.41, 5.74) is 2.28. The van der Waals surface area contributed by atoms with E-state index in [2.05, 4.69) is 37.8 Å². The summed E-state index contributed by atoms with van der Waals surface area (Å²) in [4.78, 5) is 14.8. The predicted molar refractivity (Wildman–Crippen MR) is 86.5 cm³/mol. The smallest absolute Gasteiger partial charge is 0.253 e. The van der Waals surface area contributed by atoms with E-state index in [1.54, 1.807) is 0 Å². The molecule has 1 aliphatic carbocycles. The first kappa shape index (κ1) is 14.6. The Morgan fingerprint density at radius 3 is 2.00 bits per heavy atom. The Balaban J connectivity index is 1.71. The van der Waals surface area contributed by atoms with Crippen LogP contribution in [0.4, 0.5) is 0 Å². The first-order valence-electron chi connectivity index (χ1n) is 8.35. The fourth-order valence-electron chi connectivity index (χ4n) is 3.87. The number of likely N-dealkylation sites (tertiary alicyclic amines) is 1. The van der Waals surface area contributed by atoms with Gasteiger partial charge in [0.15, 0.2) is 0 Å². The minimum absolute atomic E-state index is 0.143. The summed E-state index contributed by atoms with van der Waals surface area (Å²) in [6.45, 7) is 8.56. The quantitative estimate of drug-likeness (QED) is 0.755. The topological polar surface area (TPSA) is 20.3 Å². The molecular weight excluding hydrogens is 258 g/mol. The molecule has 1 aromatic rings. The van der Waals surface area contributed by atoms with Crippen LogP contribution in [0.1, 0.15) is 62.4 Å². The number of hydrogen-bond acceptors (Lipinski definition) is 1. The van der Waals surface area contributed by atoms with Crippen LogP contribution in [0.25, 0.3) is 0 Å². The van der Waals surface area contributed by atoms with Crippen molar-refractivity contribution in [3.05, 3.63) is 35.4 Å². The molecule has 2 heteroatoms. The maximum Gasteiger partial charge on any atom is 0.253 e. The number of amides is 1. The van der Waals surface area contributed by atoms with Crippen molar-refractivity contribution in [2.24, 2.45) is 11.8 Å². The predicted octanol–water partition coefficient (Wildman–Crippen LogP) is 4.25. The van der Waals surface area contributed by atoms with Gasteiger partial charge in [-0.2, -0.15) is 0 Å². The van der Waals surface area contributed by atoms with Crippen molar-refractivity contribution in [3.63, 3.8) is 0 Å². The Morgan fingerprint density at radius 2 is 1.52 bits per heavy atom. The molecule has 2 aliphatic rings. The minimum Gasteiger partial charge on any atom is -0.338 e. The van der Waals surface area contributed by atoms with Crippen LogP contribution >= 0.6 is 0 Å². The van der Waals surface area contributed by atoms with Crippen molar-refractivity contribution >= 4 is 5.91 Å². The third-order valence-corrected chi connectivity index (χ3v) is 5.26. The Hall–Kier alpha value is -1.31. The first-order valence-corrected chi connectivity index (χ1v) is 8.35. The molecule has 21 heavy (non-hydrogen) atoms. The number of nitrogens with zero attached hydrogens (tertiary/aromatic N) is 1. The van der Waals surface area contributed by atoms with Crippen molar-refractivity contribution in [1.82, 2.24) is 4.90 Å². The molecule has 0 N–H and O–H groups in total. The monoisotopic (exact) mass is 285 g/mol. The van der Waals surface area contributed by atoms with E-state index >= 15 is 0 Å². The van der Waals surface area contributed by atoms with Crippen molar-refractivity contribution in [2.45, 2.75) is 51.9 Å². The van der Waals surface area contributed by atoms with E-state index in [0.29, 0.717) is 0 Å². The molecular formula is C19H27NO. The van der Waals surface area contributed by atoms with Crippen LogP contribution < -0.4 is 0 Å². The summed E-state index contributed by atoms with van der Waals surface area (Å²) < 4.78 is 0. The molecule has 0 bridgehead atoms. The molecule has 2 unspecified atom stereocenters. The SMILES string of the molecule is CC(C)(C)c1ccc(C(=O)N2CC3CCCCC3C2)cc1. The van der Waals surface area contributed by atoms with Gasteiger partial charge in [-0.05, 0) is 47.8 Å². The third-order valence-electron chi connectivity index (χ3n) is 5.26. The van der Waals surface area contributed by atoms with Crippen molar-refractivity contribution in [2.75, 3.05) is 13.1 Å². The molecule has 2 fully saturated rings. The Morgan fingerprint density at radius 1 is 1.00 bits per heavy atom. The van der Waals surface area contributed by atoms with Gasteiger partial charge >= 0.3 is 0 Å². The van der Waals surface area contributed by atoms with Crippen LogP contribution in [0.15, 0.2) is 24.3 Å². The molecule has 1 aliphatic heterocycles. The zero-order chi connectivity index (χ0) is 15.0. The van der Waals surface area contributed by atoms with E-state index in [1.165, 1.54) is 31.2 Å². The highest BCUT2D eigenvalue weighted by atomic mass is 16.2. The second-order valence-electron chi connectivity index (χ2n) is 7.84. The van der Waals surface area contributed by atoms with Crippen LogP contribution in [0, 0.1) is 11.8 Å². The molecule has 0 spiro atoms. The van der Waals surface area contributed by atoms with Gasteiger partial charge in [0, 0.05) is 18.7 Å². The van der Waals surface area contributed by atoms with Crippen molar-refractivity contribution < 1.29 is 4.79 Å². The number of hydrogen-bond donors (Lipinski definition) is 0. The lowest BCUT2D eigenvalue weighted by atomic mass is 9.82. The molecule has 1 aromatic carbocycles. The van der Waals surface area contributed by atoms with Crippen LogP contribution in [-0.2, 0) is 5.41 Å². The zero-order valence-corrected chi connectivity index (χ0v) is 13.6. The number of benzene rings is 1. The highest BCUT2D eigenvalue weighted by molar-refractivity contribution is 5.94. The van der Waals surface area contributed by atoms with E-state index < -0.39 is 0 Å². The minimum atomic E-state index is 0.143. The molecule has 3 rings (SSSR count). The van der Waals surface area contributed by atoms with Gasteiger partial charge in [0.1, 0.15) is 0 Å². The highest BCUT2D eigenvalue weighted by Gasteiger charge is 2.36. The van der Waals surface area contributed by atoms with Gasteiger partial charge < -0.3 is 4.90 Å². The Labute approximate surface area is 128 Å². The molecule has 2 nitrogen and oxygen atoms in total. The van der Waals surface area contributed by atoms with Crippen LogP contribution in [-0.4, -0.2) is 23.9 Å². The lowest BCUT2D eigenvalue weighted by Crippen LogP contribution is -2.29. The summed E-state index contributed by atoms with van der Waals surface area (Å²) in [5, 5.41) is 0. The van der Waals surface area contributed by atoms with E-state index in [4.69, 9.17) is 0 Å². The summed E-state index contributed by atoms with van der Waals surface area (Å²) in [6, 6.07) is 8.22. The van der Waals surface area contributed by atoms with Gasteiger partial charge in [0.2, 0.25) is 0 Å². The fourth-order valence-corrected chi connectivity index (χ4v) is 3.87. The summed E-state index contributed by atoms with van der Waals surface area (Å²) in [6.07, 6.45) is 5.34. The second-order valence-corrected chi connectivity index (χ2v) is 7.84. The third kappa shape index (κ3) is 3.00. The molecule has 2 atom stereocenters. The Kier molecular flexibility index (Phi) is 3.81. The van der Waals surface area contributed by atoms with Crippen molar-refractivity contribution in [3.8, 4) is 0 Å². The molecule has 1 saturated carbocycles. The lowest BCUT2D eigenvalue weighted by Gasteiger charge is -2.22. The van der Waals surface area contributed by atoms with Gasteiger partial charge in [-0.15, -0.1) is 0 Å². The average molecular weight is 285 g/mol. The van der Waals surface area contributed by atoms with Gasteiger partial charge in [-0.1, -0.05) is 45.7 Å². The zero-order valence-electron chi connectivity index (χ0n) is 13.6. The van der Waals surface area contributed by atoms with E-state index in [9.17, 15) is 4.79 Å². The highest BCUT2D eigenvalue weighted by Crippen LogP contribution is 2.36. The lowest BCUT2D eigenvalue weighted by molar-refractivity contribution is 0.0784. The molecule has 1 heterocycles. The maximum absolute atomic E-state index is 12.7. The largest absolute Gasteiger partial charge is 0.338 e. The van der Waals surface area contributed by atoms with Crippen molar-refractivity contribution in [1.29, 1.82) is 0 Å². The maximum atomic E-state index is 12.7. The number of carbonyl (C=O) groups excluding carboxylic acids is 1. The van der Waals surface area contributed by atoms with E-state index in [0.717, 1.165) is 30.5 Å². The average Bonchev–Trinajstić information content (AvgIpc) is 2.89. The first-order chi connectivity index (χ1) is 9.95. The van der Waals surface area contributed by atoms with E-state index in [1.807, 2.05) is 12.1 Å². The summed E-state index contributed by atoms with van der Waals surface area (Å²) >= 11 is 0. The van der Waals surface area contributed by atoms with Crippen LogP contribution in [0.5, 0.6) is 0 Å². The summed E-state index contributed by atoms with van der Waals surface area (Å²) in [5.74, 6) is 1.75. The molecule has 0 aromatic heterocycles. The number of rotatable bonds is 1. The van der Waals surface area contributed by atoms with E-state index in [-0.39, 0.29) is 11.3 Å².